The molecular formula is C26H28N6O. The molecular weight excluding hydrogens is 412 g/mol. The van der Waals surface area contributed by atoms with Crippen molar-refractivity contribution in [2.24, 2.45) is 0 Å². The van der Waals surface area contributed by atoms with Gasteiger partial charge in [0.2, 0.25) is 5.91 Å². The van der Waals surface area contributed by atoms with Gasteiger partial charge >= 0.3 is 0 Å². The maximum Gasteiger partial charge on any atom is 0.246 e. The number of carbonyl (C=O) groups excluding carboxylic acids is 1. The van der Waals surface area contributed by atoms with Crippen molar-refractivity contribution in [2.45, 2.75) is 19.3 Å². The number of H-pyrrole nitrogens is 1. The molecule has 1 saturated heterocycles. The first-order valence-corrected chi connectivity index (χ1v) is 11.2. The van der Waals surface area contributed by atoms with E-state index in [1.54, 1.807) is 4.90 Å². The summed E-state index contributed by atoms with van der Waals surface area (Å²) in [5.41, 5.74) is 6.55. The molecule has 0 radical (unpaired) electrons. The van der Waals surface area contributed by atoms with Gasteiger partial charge in [-0.25, -0.2) is 9.97 Å². The number of nitrogens with zero attached hydrogens (tertiary/aromatic N) is 5. The van der Waals surface area contributed by atoms with Crippen LogP contribution < -0.4 is 0 Å². The first-order valence-electron chi connectivity index (χ1n) is 11.2. The van der Waals surface area contributed by atoms with Crippen LogP contribution in [0.5, 0.6) is 0 Å². The van der Waals surface area contributed by atoms with Gasteiger partial charge in [0.15, 0.2) is 0 Å². The summed E-state index contributed by atoms with van der Waals surface area (Å²) in [6.45, 7) is 7.89. The van der Waals surface area contributed by atoms with E-state index >= 15 is 0 Å². The fraction of sp³-hybridized carbons (Fsp3) is 0.308. The number of aromatic nitrogens is 4. The van der Waals surface area contributed by atoms with Gasteiger partial charge in [0.1, 0.15) is 5.82 Å². The van der Waals surface area contributed by atoms with E-state index in [9.17, 15) is 4.79 Å². The molecule has 7 heteroatoms. The van der Waals surface area contributed by atoms with Gasteiger partial charge in [-0.2, -0.15) is 5.10 Å². The average Bonchev–Trinajstić information content (AvgIpc) is 3.24. The molecule has 168 valence electrons. The van der Waals surface area contributed by atoms with Crippen LogP contribution in [0.15, 0.2) is 49.2 Å². The average molecular weight is 441 g/mol. The second kappa shape index (κ2) is 8.41. The third-order valence-corrected chi connectivity index (χ3v) is 6.44. The number of hydrogen-bond acceptors (Lipinski definition) is 5. The smallest absolute Gasteiger partial charge is 0.246 e. The maximum atomic E-state index is 11.9. The van der Waals surface area contributed by atoms with E-state index in [-0.39, 0.29) is 11.8 Å². The minimum Gasteiger partial charge on any atom is -0.338 e. The van der Waals surface area contributed by atoms with Crippen LogP contribution in [0.3, 0.4) is 0 Å². The quantitative estimate of drug-likeness (QED) is 0.463. The van der Waals surface area contributed by atoms with Crippen molar-refractivity contribution in [2.75, 3.05) is 33.7 Å². The van der Waals surface area contributed by atoms with Crippen LogP contribution in [0.4, 0.5) is 0 Å². The summed E-state index contributed by atoms with van der Waals surface area (Å²) in [7, 11) is 4.15. The van der Waals surface area contributed by atoms with E-state index in [1.807, 2.05) is 6.20 Å². The molecule has 0 spiro atoms. The summed E-state index contributed by atoms with van der Waals surface area (Å²) in [5.74, 6) is 0.955. The Labute approximate surface area is 193 Å². The zero-order valence-electron chi connectivity index (χ0n) is 19.3. The van der Waals surface area contributed by atoms with Gasteiger partial charge in [-0.05, 0) is 62.0 Å². The van der Waals surface area contributed by atoms with Crippen LogP contribution >= 0.6 is 0 Å². The fourth-order valence-corrected chi connectivity index (χ4v) is 4.53. The Kier molecular flexibility index (Phi) is 5.42. The third kappa shape index (κ3) is 3.89. The van der Waals surface area contributed by atoms with Crippen molar-refractivity contribution < 1.29 is 4.79 Å². The highest BCUT2D eigenvalue weighted by atomic mass is 16.2. The van der Waals surface area contributed by atoms with Gasteiger partial charge < -0.3 is 9.80 Å². The molecule has 1 aliphatic rings. The molecule has 0 unspecified atom stereocenters. The van der Waals surface area contributed by atoms with Gasteiger partial charge in [-0.1, -0.05) is 18.7 Å². The van der Waals surface area contributed by atoms with Crippen LogP contribution in [0.1, 0.15) is 23.0 Å². The molecule has 0 saturated carbocycles. The molecule has 3 heterocycles. The Bertz CT molecular complexity index is 1370. The van der Waals surface area contributed by atoms with Crippen molar-refractivity contribution in [3.63, 3.8) is 0 Å². The van der Waals surface area contributed by atoms with Crippen LogP contribution in [0, 0.1) is 6.92 Å². The van der Waals surface area contributed by atoms with Crippen LogP contribution in [0.2, 0.25) is 0 Å². The van der Waals surface area contributed by atoms with E-state index < -0.39 is 0 Å². The number of benzene rings is 2. The van der Waals surface area contributed by atoms with E-state index in [4.69, 9.17) is 9.97 Å². The molecule has 0 atom stereocenters. The molecule has 2 aromatic carbocycles. The Morgan fingerprint density at radius 3 is 2.79 bits per heavy atom. The minimum atomic E-state index is -0.0340. The van der Waals surface area contributed by atoms with Crippen LogP contribution in [0.25, 0.3) is 32.9 Å². The van der Waals surface area contributed by atoms with Crippen LogP contribution in [-0.2, 0) is 11.2 Å². The van der Waals surface area contributed by atoms with Crippen molar-refractivity contribution in [1.82, 2.24) is 30.0 Å². The number of aromatic amines is 1. The zero-order valence-corrected chi connectivity index (χ0v) is 19.3. The standard InChI is InChI=1S/C26H28N6O/c1-5-24(33)32-14-18(15-32)26-28-21-9-7-17(12-19(21)22(29-26)10-11-31(3)4)25-16(2)6-8-23-20(25)13-27-30-23/h5-9,12-13,18H,1,10-11,14-15H2,2-4H3,(H,27,30). The molecule has 1 amide bonds. The Morgan fingerprint density at radius 2 is 2.03 bits per heavy atom. The van der Waals surface area contributed by atoms with Gasteiger partial charge in [-0.3, -0.25) is 9.89 Å². The summed E-state index contributed by atoms with van der Waals surface area (Å²) in [4.78, 5) is 25.7. The molecule has 7 nitrogen and oxygen atoms in total. The molecule has 2 aromatic heterocycles. The lowest BCUT2D eigenvalue weighted by atomic mass is 9.94. The van der Waals surface area contributed by atoms with Gasteiger partial charge in [0, 0.05) is 36.8 Å². The van der Waals surface area contributed by atoms with Crippen molar-refractivity contribution in [3.8, 4) is 11.1 Å². The number of rotatable bonds is 6. The number of fused-ring (bicyclic) bond motifs is 2. The predicted molar refractivity (Wildman–Crippen MR) is 131 cm³/mol. The number of likely N-dealkylation sites (N-methyl/N-ethyl adjacent to an activating group) is 1. The Balaban J connectivity index is 1.58. The number of hydrogen-bond donors (Lipinski definition) is 1. The lowest BCUT2D eigenvalue weighted by Gasteiger charge is -2.37. The highest BCUT2D eigenvalue weighted by Crippen LogP contribution is 2.34. The SMILES string of the molecule is C=CC(=O)N1CC(c2nc(CCN(C)C)c3cc(-c4c(C)ccc5[nH]ncc45)ccc3n2)C1. The maximum absolute atomic E-state index is 11.9. The number of aryl methyl sites for hydroxylation is 1. The third-order valence-electron chi connectivity index (χ3n) is 6.44. The Morgan fingerprint density at radius 1 is 1.21 bits per heavy atom. The lowest BCUT2D eigenvalue weighted by Crippen LogP contribution is -2.48. The summed E-state index contributed by atoms with van der Waals surface area (Å²) >= 11 is 0. The molecule has 5 rings (SSSR count). The minimum absolute atomic E-state index is 0.0340. The van der Waals surface area contributed by atoms with E-state index in [2.05, 4.69) is 73.0 Å². The zero-order chi connectivity index (χ0) is 23.1. The highest BCUT2D eigenvalue weighted by molar-refractivity contribution is 5.98. The van der Waals surface area contributed by atoms with Crippen molar-refractivity contribution >= 4 is 27.7 Å². The van der Waals surface area contributed by atoms with Gasteiger partial charge in [-0.15, -0.1) is 0 Å². The van der Waals surface area contributed by atoms with E-state index in [1.165, 1.54) is 17.2 Å². The molecule has 1 aliphatic heterocycles. The molecule has 0 aliphatic carbocycles. The highest BCUT2D eigenvalue weighted by Gasteiger charge is 2.33. The summed E-state index contributed by atoms with van der Waals surface area (Å²) in [6.07, 6.45) is 4.09. The summed E-state index contributed by atoms with van der Waals surface area (Å²) < 4.78 is 0. The largest absolute Gasteiger partial charge is 0.338 e. The first kappa shape index (κ1) is 21.3. The molecule has 1 N–H and O–H groups in total. The monoisotopic (exact) mass is 440 g/mol. The topological polar surface area (TPSA) is 78.0 Å². The second-order valence-corrected chi connectivity index (χ2v) is 9.05. The van der Waals surface area contributed by atoms with E-state index in [0.717, 1.165) is 51.9 Å². The molecule has 1 fully saturated rings. The molecule has 4 aromatic rings. The molecule has 33 heavy (non-hydrogen) atoms. The first-order chi connectivity index (χ1) is 15.9. The van der Waals surface area contributed by atoms with Gasteiger partial charge in [0.05, 0.1) is 28.8 Å². The predicted octanol–water partition coefficient (Wildman–Crippen LogP) is 3.70. The summed E-state index contributed by atoms with van der Waals surface area (Å²) in [6, 6.07) is 10.6. The van der Waals surface area contributed by atoms with Crippen molar-refractivity contribution in [1.29, 1.82) is 0 Å². The fourth-order valence-electron chi connectivity index (χ4n) is 4.53. The Hall–Kier alpha value is -3.58. The number of carbonyl (C=O) groups is 1. The normalized spacial score (nSPS) is 14.2. The molecule has 0 bridgehead atoms. The summed E-state index contributed by atoms with van der Waals surface area (Å²) in [5, 5.41) is 9.51. The number of nitrogens with one attached hydrogen (secondary N) is 1. The van der Waals surface area contributed by atoms with Crippen molar-refractivity contribution in [3.05, 3.63) is 66.3 Å². The lowest BCUT2D eigenvalue weighted by molar-refractivity contribution is -0.130. The van der Waals surface area contributed by atoms with E-state index in [0.29, 0.717) is 13.1 Å². The second-order valence-electron chi connectivity index (χ2n) is 9.05. The van der Waals surface area contributed by atoms with Crippen LogP contribution in [-0.4, -0.2) is 69.6 Å². The number of amides is 1. The van der Waals surface area contributed by atoms with Gasteiger partial charge in [0.25, 0.3) is 0 Å². The number of likely N-dealkylation sites (tertiary alicyclic amines) is 1.